The van der Waals surface area contributed by atoms with Crippen LogP contribution in [0, 0.1) is 16.7 Å². The molecular weight excluding hydrogens is 350 g/mol. The lowest BCUT2D eigenvalue weighted by molar-refractivity contribution is 0.0122. The topological polar surface area (TPSA) is 68.2 Å². The Labute approximate surface area is 167 Å². The second-order valence-electron chi connectivity index (χ2n) is 8.68. The van der Waals surface area contributed by atoms with Crippen molar-refractivity contribution in [1.82, 2.24) is 19.8 Å². The predicted molar refractivity (Wildman–Crippen MR) is 108 cm³/mol. The van der Waals surface area contributed by atoms with Crippen molar-refractivity contribution in [2.75, 3.05) is 45.9 Å². The van der Waals surface area contributed by atoms with Gasteiger partial charge < -0.3 is 9.72 Å². The molecular formula is C22H29N5O. The minimum Gasteiger partial charge on any atom is -0.379 e. The first-order chi connectivity index (χ1) is 13.6. The molecule has 6 nitrogen and oxygen atoms in total. The molecule has 148 valence electrons. The summed E-state index contributed by atoms with van der Waals surface area (Å²) in [4.78, 5) is 13.0. The lowest BCUT2D eigenvalue weighted by Crippen LogP contribution is -2.48. The summed E-state index contributed by atoms with van der Waals surface area (Å²) < 4.78 is 5.50. The summed E-state index contributed by atoms with van der Waals surface area (Å²) in [7, 11) is 0. The van der Waals surface area contributed by atoms with E-state index in [-0.39, 0.29) is 11.5 Å². The number of nitriles is 1. The summed E-state index contributed by atoms with van der Waals surface area (Å²) >= 11 is 0. The van der Waals surface area contributed by atoms with Crippen molar-refractivity contribution in [3.63, 3.8) is 0 Å². The monoisotopic (exact) mass is 379 g/mol. The van der Waals surface area contributed by atoms with Crippen molar-refractivity contribution < 1.29 is 4.74 Å². The van der Waals surface area contributed by atoms with Crippen molar-refractivity contribution in [2.24, 2.45) is 5.41 Å². The van der Waals surface area contributed by atoms with Crippen molar-refractivity contribution in [3.8, 4) is 6.07 Å². The third kappa shape index (κ3) is 4.12. The predicted octanol–water partition coefficient (Wildman–Crippen LogP) is 2.59. The molecule has 4 rings (SSSR count). The van der Waals surface area contributed by atoms with Gasteiger partial charge in [-0.3, -0.25) is 9.80 Å². The minimum absolute atomic E-state index is 0.0901. The average Bonchev–Trinajstić information content (AvgIpc) is 3.16. The molecule has 2 aliphatic heterocycles. The number of H-pyrrole nitrogens is 1. The molecule has 3 heterocycles. The third-order valence-electron chi connectivity index (χ3n) is 5.74. The average molecular weight is 380 g/mol. The van der Waals surface area contributed by atoms with Gasteiger partial charge in [0.1, 0.15) is 0 Å². The molecule has 2 aromatic rings. The highest BCUT2D eigenvalue weighted by molar-refractivity contribution is 5.39. The Hall–Kier alpha value is -2.20. The summed E-state index contributed by atoms with van der Waals surface area (Å²) in [6.45, 7) is 11.4. The van der Waals surface area contributed by atoms with E-state index in [0.717, 1.165) is 63.6 Å². The van der Waals surface area contributed by atoms with Crippen LogP contribution < -0.4 is 0 Å². The molecule has 2 aliphatic rings. The van der Waals surface area contributed by atoms with Gasteiger partial charge in [-0.05, 0) is 23.1 Å². The molecule has 1 saturated heterocycles. The Bertz CT molecular complexity index is 847. The molecule has 0 saturated carbocycles. The van der Waals surface area contributed by atoms with E-state index in [1.54, 1.807) is 6.33 Å². The number of morpholine rings is 1. The maximum Gasteiger partial charge on any atom is 0.0991 e. The fraction of sp³-hybridized carbons (Fsp3) is 0.545. The molecule has 28 heavy (non-hydrogen) atoms. The van der Waals surface area contributed by atoms with Crippen LogP contribution in [0.5, 0.6) is 0 Å². The second-order valence-corrected chi connectivity index (χ2v) is 8.68. The van der Waals surface area contributed by atoms with Gasteiger partial charge in [0.25, 0.3) is 0 Å². The fourth-order valence-corrected chi connectivity index (χ4v) is 4.61. The van der Waals surface area contributed by atoms with E-state index in [9.17, 15) is 5.26 Å². The number of hydrogen-bond acceptors (Lipinski definition) is 5. The second kappa shape index (κ2) is 8.04. The summed E-state index contributed by atoms with van der Waals surface area (Å²) in [6.07, 6.45) is 2.78. The van der Waals surface area contributed by atoms with Gasteiger partial charge in [0.05, 0.1) is 42.9 Å². The Morgan fingerprint density at radius 1 is 1.25 bits per heavy atom. The van der Waals surface area contributed by atoms with E-state index in [1.807, 2.05) is 18.2 Å². The van der Waals surface area contributed by atoms with Crippen LogP contribution in [-0.4, -0.2) is 65.7 Å². The van der Waals surface area contributed by atoms with Crippen LogP contribution in [0.2, 0.25) is 0 Å². The van der Waals surface area contributed by atoms with Gasteiger partial charge in [0.15, 0.2) is 0 Å². The first-order valence-electron chi connectivity index (χ1n) is 10.1. The Morgan fingerprint density at radius 3 is 2.86 bits per heavy atom. The van der Waals surface area contributed by atoms with Gasteiger partial charge in [0.2, 0.25) is 0 Å². The highest BCUT2D eigenvalue weighted by atomic mass is 16.5. The Balaban J connectivity index is 1.58. The molecule has 0 amide bonds. The maximum atomic E-state index is 9.35. The molecule has 1 atom stereocenters. The van der Waals surface area contributed by atoms with Crippen molar-refractivity contribution >= 4 is 0 Å². The molecule has 0 aliphatic carbocycles. The van der Waals surface area contributed by atoms with Crippen LogP contribution in [-0.2, 0) is 11.2 Å². The van der Waals surface area contributed by atoms with E-state index in [1.165, 1.54) is 5.69 Å². The van der Waals surface area contributed by atoms with Gasteiger partial charge in [-0.15, -0.1) is 0 Å². The number of aromatic amines is 1. The minimum atomic E-state index is 0.0901. The third-order valence-corrected chi connectivity index (χ3v) is 5.74. The number of hydrogen-bond donors (Lipinski definition) is 1. The van der Waals surface area contributed by atoms with Gasteiger partial charge in [-0.25, -0.2) is 4.98 Å². The zero-order chi connectivity index (χ0) is 19.6. The van der Waals surface area contributed by atoms with E-state index in [4.69, 9.17) is 4.74 Å². The quantitative estimate of drug-likeness (QED) is 0.865. The van der Waals surface area contributed by atoms with Crippen LogP contribution in [0.25, 0.3) is 0 Å². The largest absolute Gasteiger partial charge is 0.379 e. The number of nitrogens with zero attached hydrogens (tertiary/aromatic N) is 4. The van der Waals surface area contributed by atoms with Crippen molar-refractivity contribution in [1.29, 1.82) is 5.26 Å². The van der Waals surface area contributed by atoms with Gasteiger partial charge in [-0.1, -0.05) is 26.0 Å². The number of fused-ring (bicyclic) bond motifs is 1. The van der Waals surface area contributed by atoms with Crippen LogP contribution >= 0.6 is 0 Å². The summed E-state index contributed by atoms with van der Waals surface area (Å²) in [6, 6.07) is 10.3. The number of benzene rings is 1. The normalized spacial score (nSPS) is 21.2. The molecule has 1 aromatic heterocycles. The lowest BCUT2D eigenvalue weighted by atomic mass is 9.87. The van der Waals surface area contributed by atoms with Crippen LogP contribution in [0.1, 0.15) is 42.4 Å². The molecule has 0 bridgehead atoms. The summed E-state index contributed by atoms with van der Waals surface area (Å²) in [5.74, 6) is 0. The first-order valence-corrected chi connectivity index (χ1v) is 10.1. The summed E-state index contributed by atoms with van der Waals surface area (Å²) in [5, 5.41) is 9.35. The smallest absolute Gasteiger partial charge is 0.0991 e. The Morgan fingerprint density at radius 2 is 2.07 bits per heavy atom. The zero-order valence-corrected chi connectivity index (χ0v) is 16.8. The van der Waals surface area contributed by atoms with Crippen LogP contribution in [0.3, 0.4) is 0 Å². The number of rotatable bonds is 5. The molecule has 1 fully saturated rings. The standard InChI is InChI=1S/C22H29N5O/c1-22(2,14-26-8-10-28-11-9-26)15-27-7-6-19-20(25-16-24-19)21(27)18-5-3-4-17(12-18)13-23/h3-5,12,16,21H,6-11,14-15H2,1-2H3,(H,24,25)/t21-/m0/s1. The van der Waals surface area contributed by atoms with Crippen molar-refractivity contribution in [3.05, 3.63) is 53.1 Å². The van der Waals surface area contributed by atoms with Gasteiger partial charge in [0, 0.05) is 44.8 Å². The van der Waals surface area contributed by atoms with E-state index in [0.29, 0.717) is 5.56 Å². The van der Waals surface area contributed by atoms with Crippen LogP contribution in [0.15, 0.2) is 30.6 Å². The lowest BCUT2D eigenvalue weighted by Gasteiger charge is -2.42. The SMILES string of the molecule is CC(C)(CN1CCOCC1)CN1CCc2[nH]cnc2[C@@H]1c1cccc(C#N)c1. The first kappa shape index (κ1) is 19.1. The molecule has 0 radical (unpaired) electrons. The van der Waals surface area contributed by atoms with Gasteiger partial charge >= 0.3 is 0 Å². The Kier molecular flexibility index (Phi) is 5.49. The van der Waals surface area contributed by atoms with Crippen molar-refractivity contribution in [2.45, 2.75) is 26.3 Å². The zero-order valence-electron chi connectivity index (χ0n) is 16.8. The van der Waals surface area contributed by atoms with E-state index in [2.05, 4.69) is 45.8 Å². The highest BCUT2D eigenvalue weighted by Crippen LogP contribution is 2.36. The molecule has 0 spiro atoms. The molecule has 0 unspecified atom stereocenters. The molecule has 6 heteroatoms. The number of imidazole rings is 1. The molecule has 1 aromatic carbocycles. The number of nitrogens with one attached hydrogen (secondary N) is 1. The number of aromatic nitrogens is 2. The van der Waals surface area contributed by atoms with Crippen LogP contribution in [0.4, 0.5) is 0 Å². The maximum absolute atomic E-state index is 9.35. The van der Waals surface area contributed by atoms with Gasteiger partial charge in [-0.2, -0.15) is 5.26 Å². The summed E-state index contributed by atoms with van der Waals surface area (Å²) in [5.41, 5.74) is 4.32. The van der Waals surface area contributed by atoms with E-state index >= 15 is 0 Å². The fourth-order valence-electron chi connectivity index (χ4n) is 4.61. The number of ether oxygens (including phenoxy) is 1. The highest BCUT2D eigenvalue weighted by Gasteiger charge is 2.35. The van der Waals surface area contributed by atoms with E-state index < -0.39 is 0 Å². The molecule has 1 N–H and O–H groups in total.